The Morgan fingerprint density at radius 1 is 1.20 bits per heavy atom. The van der Waals surface area contributed by atoms with Gasteiger partial charge in [-0.05, 0) is 31.4 Å². The molecule has 108 valence electrons. The second-order valence-corrected chi connectivity index (χ2v) is 6.19. The molecule has 3 heteroatoms. The van der Waals surface area contributed by atoms with Crippen molar-refractivity contribution in [1.82, 2.24) is 5.32 Å². The summed E-state index contributed by atoms with van der Waals surface area (Å²) in [6, 6.07) is 7.68. The van der Waals surface area contributed by atoms with E-state index in [2.05, 4.69) is 5.32 Å². The summed E-state index contributed by atoms with van der Waals surface area (Å²) in [5.41, 5.74) is 0.804. The minimum atomic E-state index is -0.795. The fourth-order valence-electron chi connectivity index (χ4n) is 3.61. The fraction of sp³-hybridized carbons (Fsp3) is 0.588. The molecule has 2 aliphatic rings. The molecule has 3 rings (SSSR count). The van der Waals surface area contributed by atoms with Gasteiger partial charge in [0.2, 0.25) is 0 Å². The van der Waals surface area contributed by atoms with E-state index in [0.717, 1.165) is 56.3 Å². The van der Waals surface area contributed by atoms with Gasteiger partial charge in [0, 0.05) is 18.0 Å². The Balaban J connectivity index is 1.93. The first-order chi connectivity index (χ1) is 9.71. The molecule has 1 aliphatic carbocycles. The fourth-order valence-corrected chi connectivity index (χ4v) is 3.61. The lowest BCUT2D eigenvalue weighted by molar-refractivity contribution is -0.00143. The Morgan fingerprint density at radius 2 is 1.95 bits per heavy atom. The zero-order valence-corrected chi connectivity index (χ0v) is 11.9. The maximum Gasteiger partial charge on any atom is 0.167 e. The number of rotatable bonds is 3. The molecule has 2 fully saturated rings. The van der Waals surface area contributed by atoms with Crippen LogP contribution in [-0.4, -0.2) is 24.0 Å². The van der Waals surface area contributed by atoms with E-state index in [4.69, 9.17) is 0 Å². The molecule has 1 heterocycles. The van der Waals surface area contributed by atoms with Gasteiger partial charge < -0.3 is 10.4 Å². The number of hydrogen-bond acceptors (Lipinski definition) is 3. The van der Waals surface area contributed by atoms with Crippen molar-refractivity contribution in [3.63, 3.8) is 0 Å². The number of carbonyl (C=O) groups excluding carboxylic acids is 1. The molecule has 2 N–H and O–H groups in total. The zero-order chi connectivity index (χ0) is 14.0. The predicted molar refractivity (Wildman–Crippen MR) is 78.7 cm³/mol. The van der Waals surface area contributed by atoms with Crippen molar-refractivity contribution in [3.05, 3.63) is 35.4 Å². The van der Waals surface area contributed by atoms with Gasteiger partial charge in [0.25, 0.3) is 0 Å². The van der Waals surface area contributed by atoms with Crippen molar-refractivity contribution in [2.24, 2.45) is 5.92 Å². The highest BCUT2D eigenvalue weighted by Crippen LogP contribution is 2.39. The average Bonchev–Trinajstić information content (AvgIpc) is 3.01. The Labute approximate surface area is 120 Å². The Morgan fingerprint density at radius 3 is 2.65 bits per heavy atom. The van der Waals surface area contributed by atoms with Crippen molar-refractivity contribution in [2.45, 2.75) is 44.1 Å². The number of Topliss-reactive ketones (excluding diaryl/α,β-unsaturated/α-hetero) is 1. The second kappa shape index (κ2) is 5.66. The molecule has 1 unspecified atom stereocenters. The molecule has 0 radical (unpaired) electrons. The third kappa shape index (κ3) is 2.52. The Bertz CT molecular complexity index is 486. The zero-order valence-electron chi connectivity index (χ0n) is 11.9. The number of carbonyl (C=O) groups is 1. The van der Waals surface area contributed by atoms with Crippen molar-refractivity contribution in [2.75, 3.05) is 13.1 Å². The van der Waals surface area contributed by atoms with Crippen LogP contribution >= 0.6 is 0 Å². The first-order valence-electron chi connectivity index (χ1n) is 7.77. The van der Waals surface area contributed by atoms with Crippen molar-refractivity contribution in [3.8, 4) is 0 Å². The highest BCUT2D eigenvalue weighted by atomic mass is 16.3. The van der Waals surface area contributed by atoms with E-state index in [0.29, 0.717) is 0 Å². The summed E-state index contributed by atoms with van der Waals surface area (Å²) in [4.78, 5) is 12.7. The summed E-state index contributed by atoms with van der Waals surface area (Å²) in [6.45, 7) is 1.69. The molecule has 0 spiro atoms. The normalized spacial score (nSPS) is 25.6. The van der Waals surface area contributed by atoms with Crippen LogP contribution in [0.4, 0.5) is 0 Å². The van der Waals surface area contributed by atoms with E-state index < -0.39 is 5.60 Å². The molecule has 1 saturated carbocycles. The van der Waals surface area contributed by atoms with E-state index >= 15 is 0 Å². The summed E-state index contributed by atoms with van der Waals surface area (Å²) in [7, 11) is 0. The van der Waals surface area contributed by atoms with Crippen molar-refractivity contribution < 1.29 is 9.90 Å². The molecule has 0 amide bonds. The van der Waals surface area contributed by atoms with Crippen molar-refractivity contribution in [1.29, 1.82) is 0 Å². The van der Waals surface area contributed by atoms with Gasteiger partial charge in [-0.3, -0.25) is 4.79 Å². The molecule has 1 saturated heterocycles. The highest BCUT2D eigenvalue weighted by Gasteiger charge is 2.35. The maximum atomic E-state index is 12.7. The summed E-state index contributed by atoms with van der Waals surface area (Å²) in [5.74, 6) is 0.271. The smallest absolute Gasteiger partial charge is 0.167 e. The van der Waals surface area contributed by atoms with Gasteiger partial charge in [-0.15, -0.1) is 0 Å². The van der Waals surface area contributed by atoms with Gasteiger partial charge >= 0.3 is 0 Å². The minimum Gasteiger partial charge on any atom is -0.385 e. The minimum absolute atomic E-state index is 0.0725. The van der Waals surface area contributed by atoms with Crippen molar-refractivity contribution >= 4 is 5.78 Å². The number of benzene rings is 1. The second-order valence-electron chi connectivity index (χ2n) is 6.19. The summed E-state index contributed by atoms with van der Waals surface area (Å²) >= 11 is 0. The van der Waals surface area contributed by atoms with E-state index in [1.165, 1.54) is 6.42 Å². The molecule has 1 aromatic rings. The van der Waals surface area contributed by atoms with E-state index in [1.807, 2.05) is 24.3 Å². The molecular weight excluding hydrogens is 250 g/mol. The molecule has 20 heavy (non-hydrogen) atoms. The summed E-state index contributed by atoms with van der Waals surface area (Å²) in [6.07, 6.45) is 5.74. The van der Waals surface area contributed by atoms with Crippen LogP contribution in [-0.2, 0) is 5.60 Å². The number of ketones is 1. The first kappa shape index (κ1) is 13.8. The van der Waals surface area contributed by atoms with Crippen LogP contribution in [0.15, 0.2) is 24.3 Å². The molecule has 0 aromatic heterocycles. The standard InChI is InChI=1S/C17H23NO2/c19-16(13-8-11-18-12-13)14-6-2-3-7-15(14)17(20)9-4-1-5-10-17/h2-3,6-7,13,18,20H,1,4-5,8-12H2. The van der Waals surface area contributed by atoms with Gasteiger partial charge in [-0.1, -0.05) is 43.5 Å². The summed E-state index contributed by atoms with van der Waals surface area (Å²) in [5, 5.41) is 14.2. The van der Waals surface area contributed by atoms with Gasteiger partial charge in [0.1, 0.15) is 0 Å². The maximum absolute atomic E-state index is 12.7. The van der Waals surface area contributed by atoms with Gasteiger partial charge in [0.05, 0.1) is 5.60 Å². The van der Waals surface area contributed by atoms with Gasteiger partial charge in [0.15, 0.2) is 5.78 Å². The largest absolute Gasteiger partial charge is 0.385 e. The lowest BCUT2D eigenvalue weighted by atomic mass is 9.76. The van der Waals surface area contributed by atoms with Gasteiger partial charge in [-0.25, -0.2) is 0 Å². The van der Waals surface area contributed by atoms with Crippen LogP contribution in [0, 0.1) is 5.92 Å². The van der Waals surface area contributed by atoms with Crippen LogP contribution < -0.4 is 5.32 Å². The lowest BCUT2D eigenvalue weighted by Crippen LogP contribution is -2.31. The lowest BCUT2D eigenvalue weighted by Gasteiger charge is -2.34. The number of nitrogens with one attached hydrogen (secondary N) is 1. The van der Waals surface area contributed by atoms with Crippen LogP contribution in [0.2, 0.25) is 0 Å². The molecule has 1 atom stereocenters. The Hall–Kier alpha value is -1.19. The average molecular weight is 273 g/mol. The van der Waals surface area contributed by atoms with Crippen LogP contribution in [0.1, 0.15) is 54.4 Å². The van der Waals surface area contributed by atoms with Crippen LogP contribution in [0.3, 0.4) is 0 Å². The molecule has 3 nitrogen and oxygen atoms in total. The molecular formula is C17H23NO2. The van der Waals surface area contributed by atoms with E-state index in [-0.39, 0.29) is 11.7 Å². The molecule has 1 aromatic carbocycles. The highest BCUT2D eigenvalue weighted by molar-refractivity contribution is 5.99. The number of hydrogen-bond donors (Lipinski definition) is 2. The van der Waals surface area contributed by atoms with Crippen LogP contribution in [0.25, 0.3) is 0 Å². The molecule has 0 bridgehead atoms. The first-order valence-corrected chi connectivity index (χ1v) is 7.77. The Kier molecular flexibility index (Phi) is 3.90. The predicted octanol–water partition coefficient (Wildman–Crippen LogP) is 2.63. The third-order valence-corrected chi connectivity index (χ3v) is 4.81. The van der Waals surface area contributed by atoms with Gasteiger partial charge in [-0.2, -0.15) is 0 Å². The van der Waals surface area contributed by atoms with E-state index in [9.17, 15) is 9.90 Å². The van der Waals surface area contributed by atoms with Crippen LogP contribution in [0.5, 0.6) is 0 Å². The SMILES string of the molecule is O=C(c1ccccc1C1(O)CCCCC1)C1CCNC1. The monoisotopic (exact) mass is 273 g/mol. The topological polar surface area (TPSA) is 49.3 Å². The van der Waals surface area contributed by atoms with E-state index in [1.54, 1.807) is 0 Å². The quantitative estimate of drug-likeness (QED) is 0.832. The summed E-state index contributed by atoms with van der Waals surface area (Å²) < 4.78 is 0. The third-order valence-electron chi connectivity index (χ3n) is 4.81. The molecule has 1 aliphatic heterocycles. The number of aliphatic hydroxyl groups is 1.